The molecule has 0 unspecified atom stereocenters. The molecule has 1 fully saturated rings. The van der Waals surface area contributed by atoms with Crippen LogP contribution in [0.15, 0.2) is 51.8 Å². The van der Waals surface area contributed by atoms with E-state index in [0.29, 0.717) is 28.3 Å². The third kappa shape index (κ3) is 4.63. The summed E-state index contributed by atoms with van der Waals surface area (Å²) in [5.41, 5.74) is 1.54. The summed E-state index contributed by atoms with van der Waals surface area (Å²) in [6.45, 7) is 3.02. The average Bonchev–Trinajstić information content (AvgIpc) is 2.65. The number of anilines is 1. The Kier molecular flexibility index (Phi) is 6.10. The molecule has 1 N–H and O–H groups in total. The van der Waals surface area contributed by atoms with Gasteiger partial charge in [-0.05, 0) is 42.8 Å². The molecule has 1 aliphatic heterocycles. The molecule has 3 rings (SSSR count). The summed E-state index contributed by atoms with van der Waals surface area (Å²) in [7, 11) is -3.58. The van der Waals surface area contributed by atoms with Crippen molar-refractivity contribution in [1.29, 1.82) is 0 Å². The lowest BCUT2D eigenvalue weighted by molar-refractivity contribution is 0.184. The summed E-state index contributed by atoms with van der Waals surface area (Å²) in [4.78, 5) is 14.3. The van der Waals surface area contributed by atoms with Crippen LogP contribution in [0.4, 0.5) is 10.5 Å². The maximum absolute atomic E-state index is 12.7. The zero-order valence-electron chi connectivity index (χ0n) is 14.7. The van der Waals surface area contributed by atoms with Crippen molar-refractivity contribution in [2.45, 2.75) is 11.8 Å². The van der Waals surface area contributed by atoms with Gasteiger partial charge in [0.1, 0.15) is 0 Å². The lowest BCUT2D eigenvalue weighted by Gasteiger charge is -2.34. The zero-order chi connectivity index (χ0) is 19.6. The lowest BCUT2D eigenvalue weighted by atomic mass is 10.2. The van der Waals surface area contributed by atoms with Crippen LogP contribution in [-0.4, -0.2) is 49.8 Å². The Morgan fingerprint density at radius 2 is 1.81 bits per heavy atom. The van der Waals surface area contributed by atoms with Crippen molar-refractivity contribution in [1.82, 2.24) is 9.21 Å². The largest absolute Gasteiger partial charge is 0.322 e. The Morgan fingerprint density at radius 3 is 2.44 bits per heavy atom. The molecule has 27 heavy (non-hydrogen) atoms. The van der Waals surface area contributed by atoms with E-state index < -0.39 is 10.0 Å². The number of rotatable bonds is 3. The Morgan fingerprint density at radius 1 is 1.11 bits per heavy atom. The summed E-state index contributed by atoms with van der Waals surface area (Å²) in [6, 6.07) is 11.7. The number of carbonyl (C=O) groups excluding carboxylic acids is 1. The Bertz CT molecular complexity index is 960. The molecule has 0 bridgehead atoms. The summed E-state index contributed by atoms with van der Waals surface area (Å²) in [5, 5.41) is 3.38. The van der Waals surface area contributed by atoms with Gasteiger partial charge in [0.05, 0.1) is 4.90 Å². The fourth-order valence-corrected chi connectivity index (χ4v) is 4.98. The first-order chi connectivity index (χ1) is 12.8. The van der Waals surface area contributed by atoms with Crippen LogP contribution in [0.25, 0.3) is 0 Å². The number of benzene rings is 2. The number of urea groups is 1. The van der Waals surface area contributed by atoms with Crippen LogP contribution in [0.1, 0.15) is 5.56 Å². The summed E-state index contributed by atoms with van der Waals surface area (Å²) in [6.07, 6.45) is 0. The summed E-state index contributed by atoms with van der Waals surface area (Å²) >= 11 is 9.37. The molecule has 0 aliphatic carbocycles. The second-order valence-corrected chi connectivity index (χ2v) is 9.50. The van der Waals surface area contributed by atoms with E-state index in [9.17, 15) is 13.2 Å². The van der Waals surface area contributed by atoms with Crippen molar-refractivity contribution in [3.63, 3.8) is 0 Å². The lowest BCUT2D eigenvalue weighted by Crippen LogP contribution is -2.51. The molecule has 0 saturated carbocycles. The topological polar surface area (TPSA) is 69.7 Å². The average molecular weight is 473 g/mol. The minimum atomic E-state index is -3.58. The Balaban J connectivity index is 1.62. The molecular formula is C18H19BrClN3O3S. The number of nitrogens with zero attached hydrogens (tertiary/aromatic N) is 2. The highest BCUT2D eigenvalue weighted by molar-refractivity contribution is 9.10. The number of hydrogen-bond acceptors (Lipinski definition) is 3. The smallest absolute Gasteiger partial charge is 0.321 e. The van der Waals surface area contributed by atoms with Crippen LogP contribution in [0.5, 0.6) is 0 Å². The Hall–Kier alpha value is -1.61. The van der Waals surface area contributed by atoms with Crippen LogP contribution in [0, 0.1) is 6.92 Å². The first kappa shape index (κ1) is 20.1. The number of sulfonamides is 1. The molecular weight excluding hydrogens is 454 g/mol. The van der Waals surface area contributed by atoms with Crippen molar-refractivity contribution in [3.8, 4) is 0 Å². The molecule has 144 valence electrons. The van der Waals surface area contributed by atoms with Crippen LogP contribution in [0.3, 0.4) is 0 Å². The number of carbonyl (C=O) groups is 1. The monoisotopic (exact) mass is 471 g/mol. The zero-order valence-corrected chi connectivity index (χ0v) is 17.8. The molecule has 1 heterocycles. The van der Waals surface area contributed by atoms with Crippen molar-refractivity contribution >= 4 is 49.3 Å². The molecule has 9 heteroatoms. The van der Waals surface area contributed by atoms with Crippen LogP contribution < -0.4 is 5.32 Å². The third-order valence-corrected chi connectivity index (χ3v) is 7.18. The highest BCUT2D eigenvalue weighted by Gasteiger charge is 2.30. The summed E-state index contributed by atoms with van der Waals surface area (Å²) < 4.78 is 27.6. The predicted octanol–water partition coefficient (Wildman–Crippen LogP) is 3.95. The van der Waals surface area contributed by atoms with E-state index in [2.05, 4.69) is 21.2 Å². The second-order valence-electron chi connectivity index (χ2n) is 6.24. The summed E-state index contributed by atoms with van der Waals surface area (Å²) in [5.74, 6) is 0. The maximum Gasteiger partial charge on any atom is 0.321 e. The van der Waals surface area contributed by atoms with E-state index >= 15 is 0 Å². The van der Waals surface area contributed by atoms with Gasteiger partial charge in [-0.2, -0.15) is 4.31 Å². The standard InChI is InChI=1S/C18H19BrClN3O3S/c1-13-5-6-15(12-17(13)20)21-18(24)22-7-9-23(10-8-22)27(25,26)16-4-2-3-14(19)11-16/h2-6,11-12H,7-10H2,1H3,(H,21,24). The van der Waals surface area contributed by atoms with Gasteiger partial charge in [0.15, 0.2) is 0 Å². The first-order valence-electron chi connectivity index (χ1n) is 8.35. The van der Waals surface area contributed by atoms with Crippen LogP contribution >= 0.6 is 27.5 Å². The quantitative estimate of drug-likeness (QED) is 0.735. The normalized spacial score (nSPS) is 15.6. The van der Waals surface area contributed by atoms with Crippen molar-refractivity contribution < 1.29 is 13.2 Å². The highest BCUT2D eigenvalue weighted by atomic mass is 79.9. The molecule has 0 spiro atoms. The molecule has 1 saturated heterocycles. The maximum atomic E-state index is 12.7. The van der Waals surface area contributed by atoms with Crippen molar-refractivity contribution in [3.05, 3.63) is 57.5 Å². The van der Waals surface area contributed by atoms with E-state index in [4.69, 9.17) is 11.6 Å². The van der Waals surface area contributed by atoms with Crippen molar-refractivity contribution in [2.75, 3.05) is 31.5 Å². The minimum Gasteiger partial charge on any atom is -0.322 e. The predicted molar refractivity (Wildman–Crippen MR) is 110 cm³/mol. The van der Waals surface area contributed by atoms with Gasteiger partial charge in [0.25, 0.3) is 0 Å². The van der Waals surface area contributed by atoms with E-state index in [-0.39, 0.29) is 24.0 Å². The second kappa shape index (κ2) is 8.18. The molecule has 1 aliphatic rings. The van der Waals surface area contributed by atoms with Gasteiger partial charge in [-0.15, -0.1) is 0 Å². The van der Waals surface area contributed by atoms with Gasteiger partial charge in [-0.3, -0.25) is 0 Å². The van der Waals surface area contributed by atoms with Gasteiger partial charge < -0.3 is 10.2 Å². The fourth-order valence-electron chi connectivity index (χ4n) is 2.78. The molecule has 2 aromatic carbocycles. The number of amides is 2. The molecule has 0 radical (unpaired) electrons. The molecule has 0 atom stereocenters. The SMILES string of the molecule is Cc1ccc(NC(=O)N2CCN(S(=O)(=O)c3cccc(Br)c3)CC2)cc1Cl. The Labute approximate surface area is 172 Å². The van der Waals surface area contributed by atoms with Gasteiger partial charge in [-0.1, -0.05) is 39.7 Å². The number of halogens is 2. The molecule has 0 aromatic heterocycles. The molecule has 6 nitrogen and oxygen atoms in total. The van der Waals surface area contributed by atoms with Crippen LogP contribution in [-0.2, 0) is 10.0 Å². The van der Waals surface area contributed by atoms with E-state index in [1.54, 1.807) is 41.3 Å². The van der Waals surface area contributed by atoms with E-state index in [0.717, 1.165) is 5.56 Å². The van der Waals surface area contributed by atoms with Crippen molar-refractivity contribution in [2.24, 2.45) is 0 Å². The number of aryl methyl sites for hydroxylation is 1. The van der Waals surface area contributed by atoms with Crippen LogP contribution in [0.2, 0.25) is 5.02 Å². The van der Waals surface area contributed by atoms with E-state index in [1.807, 2.05) is 13.0 Å². The van der Waals surface area contributed by atoms with Gasteiger partial charge >= 0.3 is 6.03 Å². The van der Waals surface area contributed by atoms with Gasteiger partial charge in [-0.25, -0.2) is 13.2 Å². The highest BCUT2D eigenvalue weighted by Crippen LogP contribution is 2.22. The molecule has 2 aromatic rings. The molecule has 2 amide bonds. The number of nitrogens with one attached hydrogen (secondary N) is 1. The van der Waals surface area contributed by atoms with Gasteiger partial charge in [0.2, 0.25) is 10.0 Å². The third-order valence-electron chi connectivity index (χ3n) is 4.38. The van der Waals surface area contributed by atoms with E-state index in [1.165, 1.54) is 4.31 Å². The number of piperazine rings is 1. The first-order valence-corrected chi connectivity index (χ1v) is 11.0. The minimum absolute atomic E-state index is 0.240. The van der Waals surface area contributed by atoms with Gasteiger partial charge in [0, 0.05) is 41.4 Å². The fraction of sp³-hybridized carbons (Fsp3) is 0.278. The number of hydrogen-bond donors (Lipinski definition) is 1.